The van der Waals surface area contributed by atoms with Crippen LogP contribution in [-0.2, 0) is 14.4 Å². The summed E-state index contributed by atoms with van der Waals surface area (Å²) >= 11 is 4.75. The van der Waals surface area contributed by atoms with Crippen molar-refractivity contribution in [3.63, 3.8) is 0 Å². The van der Waals surface area contributed by atoms with Gasteiger partial charge in [-0.05, 0) is 18.0 Å². The van der Waals surface area contributed by atoms with Crippen molar-refractivity contribution >= 4 is 28.4 Å². The minimum atomic E-state index is -1.20. The molecule has 3 nitrogen and oxygen atoms in total. The summed E-state index contributed by atoms with van der Waals surface area (Å²) in [6.45, 7) is 1.74. The fourth-order valence-electron chi connectivity index (χ4n) is 0.450. The molecule has 0 atom stereocenters. The Morgan fingerprint density at radius 3 is 2.10 bits per heavy atom. The summed E-state index contributed by atoms with van der Waals surface area (Å²) in [5.74, 6) is -1.81. The lowest BCUT2D eigenvalue weighted by molar-refractivity contribution is -0.141. The minimum Gasteiger partial charge on any atom is -0.290 e. The fourth-order valence-corrected chi connectivity index (χ4v) is 0.556. The molecule has 4 heteroatoms. The van der Waals surface area contributed by atoms with Crippen LogP contribution < -0.4 is 0 Å². The molecule has 10 heavy (non-hydrogen) atoms. The van der Waals surface area contributed by atoms with Crippen LogP contribution in [0.3, 0.4) is 0 Å². The molecule has 0 aromatic rings. The lowest BCUT2D eigenvalue weighted by Gasteiger charge is -1.89. The summed E-state index contributed by atoms with van der Waals surface area (Å²) in [6.07, 6.45) is 0.645. The van der Waals surface area contributed by atoms with Crippen LogP contribution >= 0.6 is 11.6 Å². The smallest absolute Gasteiger partial charge is 0.290 e. The van der Waals surface area contributed by atoms with E-state index < -0.39 is 16.8 Å². The number of carbonyl (C=O) groups excluding carboxylic acids is 3. The maximum atomic E-state index is 10.5. The molecule has 0 radical (unpaired) electrons. The molecule has 0 bridgehead atoms. The standard InChI is InChI=1S/C6H7ClO3/c1-2-3-4(8)5(9)6(7)10/h2-3H2,1H3. The van der Waals surface area contributed by atoms with Gasteiger partial charge < -0.3 is 0 Å². The maximum absolute atomic E-state index is 10.5. The van der Waals surface area contributed by atoms with Crippen molar-refractivity contribution in [2.75, 3.05) is 0 Å². The third-order valence-electron chi connectivity index (χ3n) is 0.909. The van der Waals surface area contributed by atoms with Gasteiger partial charge >= 0.3 is 0 Å². The predicted octanol–water partition coefficient (Wildman–Crippen LogP) is 0.690. The molecule has 0 aliphatic heterocycles. The zero-order chi connectivity index (χ0) is 8.15. The molecule has 0 N–H and O–H groups in total. The van der Waals surface area contributed by atoms with Gasteiger partial charge in [0.05, 0.1) is 0 Å². The van der Waals surface area contributed by atoms with E-state index in [4.69, 9.17) is 11.6 Å². The van der Waals surface area contributed by atoms with E-state index in [9.17, 15) is 14.4 Å². The zero-order valence-electron chi connectivity index (χ0n) is 5.52. The lowest BCUT2D eigenvalue weighted by Crippen LogP contribution is -2.19. The summed E-state index contributed by atoms with van der Waals surface area (Å²) < 4.78 is 0. The normalized spacial score (nSPS) is 9.00. The van der Waals surface area contributed by atoms with E-state index in [1.54, 1.807) is 6.92 Å². The average molecular weight is 163 g/mol. The molecule has 0 unspecified atom stereocenters. The van der Waals surface area contributed by atoms with Gasteiger partial charge in [-0.3, -0.25) is 14.4 Å². The topological polar surface area (TPSA) is 51.2 Å². The molecule has 0 spiro atoms. The number of carbonyl (C=O) groups is 3. The Morgan fingerprint density at radius 2 is 1.80 bits per heavy atom. The van der Waals surface area contributed by atoms with E-state index in [0.29, 0.717) is 6.42 Å². The van der Waals surface area contributed by atoms with Gasteiger partial charge in [-0.25, -0.2) is 0 Å². The van der Waals surface area contributed by atoms with Crippen molar-refractivity contribution in [1.82, 2.24) is 0 Å². The average Bonchev–Trinajstić information content (AvgIpc) is 1.87. The molecule has 0 saturated carbocycles. The molecule has 0 amide bonds. The Hall–Kier alpha value is -0.700. The van der Waals surface area contributed by atoms with E-state index >= 15 is 0 Å². The van der Waals surface area contributed by atoms with Gasteiger partial charge in [-0.15, -0.1) is 0 Å². The zero-order valence-corrected chi connectivity index (χ0v) is 6.27. The number of hydrogen-bond donors (Lipinski definition) is 0. The number of rotatable bonds is 4. The molecule has 56 valence electrons. The van der Waals surface area contributed by atoms with Gasteiger partial charge in [0, 0.05) is 6.42 Å². The highest BCUT2D eigenvalue weighted by Crippen LogP contribution is 1.93. The van der Waals surface area contributed by atoms with Gasteiger partial charge in [0.2, 0.25) is 5.78 Å². The van der Waals surface area contributed by atoms with Gasteiger partial charge in [0.15, 0.2) is 0 Å². The number of halogens is 1. The monoisotopic (exact) mass is 162 g/mol. The third-order valence-corrected chi connectivity index (χ3v) is 1.08. The lowest BCUT2D eigenvalue weighted by atomic mass is 10.2. The van der Waals surface area contributed by atoms with E-state index in [2.05, 4.69) is 0 Å². The van der Waals surface area contributed by atoms with Crippen LogP contribution in [0.15, 0.2) is 0 Å². The van der Waals surface area contributed by atoms with Crippen molar-refractivity contribution in [2.24, 2.45) is 0 Å². The molecule has 0 aromatic heterocycles. The second kappa shape index (κ2) is 4.17. The summed E-state index contributed by atoms with van der Waals surface area (Å²) in [5.41, 5.74) is 0. The summed E-state index contributed by atoms with van der Waals surface area (Å²) in [6, 6.07) is 0. The predicted molar refractivity (Wildman–Crippen MR) is 35.8 cm³/mol. The first kappa shape index (κ1) is 9.30. The molecule has 0 fully saturated rings. The van der Waals surface area contributed by atoms with Crippen LogP contribution in [0.1, 0.15) is 19.8 Å². The quantitative estimate of drug-likeness (QED) is 0.347. The first-order valence-electron chi connectivity index (χ1n) is 2.86. The Labute approximate surface area is 63.4 Å². The fraction of sp³-hybridized carbons (Fsp3) is 0.500. The van der Waals surface area contributed by atoms with Crippen LogP contribution in [0, 0.1) is 0 Å². The third kappa shape index (κ3) is 2.73. The van der Waals surface area contributed by atoms with Gasteiger partial charge in [-0.1, -0.05) is 6.92 Å². The van der Waals surface area contributed by atoms with Crippen LogP contribution in [-0.4, -0.2) is 16.8 Å². The largest absolute Gasteiger partial charge is 0.296 e. The van der Waals surface area contributed by atoms with Crippen molar-refractivity contribution in [2.45, 2.75) is 19.8 Å². The highest BCUT2D eigenvalue weighted by molar-refractivity contribution is 6.89. The second-order valence-electron chi connectivity index (χ2n) is 1.78. The van der Waals surface area contributed by atoms with Gasteiger partial charge in [0.1, 0.15) is 0 Å². The minimum absolute atomic E-state index is 0.0945. The van der Waals surface area contributed by atoms with Crippen molar-refractivity contribution in [3.8, 4) is 0 Å². The van der Waals surface area contributed by atoms with Crippen molar-refractivity contribution in [1.29, 1.82) is 0 Å². The van der Waals surface area contributed by atoms with Gasteiger partial charge in [0.25, 0.3) is 11.0 Å². The Bertz CT molecular complexity index is 174. The van der Waals surface area contributed by atoms with Crippen LogP contribution in [0.2, 0.25) is 0 Å². The summed E-state index contributed by atoms with van der Waals surface area (Å²) in [5, 5.41) is -1.20. The molecule has 0 saturated heterocycles. The van der Waals surface area contributed by atoms with Gasteiger partial charge in [-0.2, -0.15) is 0 Å². The van der Waals surface area contributed by atoms with Crippen molar-refractivity contribution in [3.05, 3.63) is 0 Å². The molecular weight excluding hydrogens is 156 g/mol. The van der Waals surface area contributed by atoms with Crippen LogP contribution in [0.25, 0.3) is 0 Å². The molecule has 0 aliphatic rings. The highest BCUT2D eigenvalue weighted by atomic mass is 35.5. The van der Waals surface area contributed by atoms with E-state index in [-0.39, 0.29) is 6.42 Å². The SMILES string of the molecule is CCCC(=O)C(=O)C(=O)Cl. The Balaban J connectivity index is 3.96. The number of ketones is 2. The number of Topliss-reactive ketones (excluding diaryl/α,β-unsaturated/α-hetero) is 2. The van der Waals surface area contributed by atoms with E-state index in [0.717, 1.165) is 0 Å². The van der Waals surface area contributed by atoms with Crippen molar-refractivity contribution < 1.29 is 14.4 Å². The summed E-state index contributed by atoms with van der Waals surface area (Å²) in [4.78, 5) is 31.0. The molecular formula is C6H7ClO3. The summed E-state index contributed by atoms with van der Waals surface area (Å²) in [7, 11) is 0. The first-order valence-corrected chi connectivity index (χ1v) is 3.24. The molecule has 0 aliphatic carbocycles. The van der Waals surface area contributed by atoms with E-state index in [1.165, 1.54) is 0 Å². The van der Waals surface area contributed by atoms with Crippen LogP contribution in [0.4, 0.5) is 0 Å². The highest BCUT2D eigenvalue weighted by Gasteiger charge is 2.18. The maximum Gasteiger partial charge on any atom is 0.296 e. The molecule has 0 rings (SSSR count). The Morgan fingerprint density at radius 1 is 1.30 bits per heavy atom. The van der Waals surface area contributed by atoms with Crippen LogP contribution in [0.5, 0.6) is 0 Å². The second-order valence-corrected chi connectivity index (χ2v) is 2.12. The first-order chi connectivity index (χ1) is 4.59. The molecule has 0 heterocycles. The number of hydrogen-bond acceptors (Lipinski definition) is 3. The Kier molecular flexibility index (Phi) is 3.88. The molecule has 0 aromatic carbocycles. The van der Waals surface area contributed by atoms with E-state index in [1.807, 2.05) is 0 Å².